The number of thiophene rings is 1. The van der Waals surface area contributed by atoms with Crippen LogP contribution >= 0.6 is 22.9 Å². The number of carbonyl (C=O) groups is 1. The first-order chi connectivity index (χ1) is 9.22. The molecular formula is C12H12ClN3O2S. The second-order valence-electron chi connectivity index (χ2n) is 4.28. The number of aromatic nitrogens is 2. The highest BCUT2D eigenvalue weighted by Gasteiger charge is 2.18. The number of rotatable bonds is 3. The van der Waals surface area contributed by atoms with Crippen molar-refractivity contribution in [2.45, 2.75) is 12.5 Å². The van der Waals surface area contributed by atoms with E-state index in [4.69, 9.17) is 16.3 Å². The third kappa shape index (κ3) is 2.80. The Balaban J connectivity index is 1.68. The van der Waals surface area contributed by atoms with Crippen LogP contribution in [0.2, 0.25) is 4.34 Å². The van der Waals surface area contributed by atoms with E-state index in [1.54, 1.807) is 18.3 Å². The molecule has 0 unspecified atom stereocenters. The standard InChI is InChI=1S/C12H12ClN3O2S/c13-11-2-1-10(19-11)12(17)15-8-5-14-16(6-8)9-3-4-18-7-9/h1-2,5-6,9H,3-4,7H2,(H,15,17)/t9-/m1/s1. The van der Waals surface area contributed by atoms with Gasteiger partial charge in [-0.1, -0.05) is 11.6 Å². The summed E-state index contributed by atoms with van der Waals surface area (Å²) in [7, 11) is 0. The van der Waals surface area contributed by atoms with Crippen molar-refractivity contribution in [1.29, 1.82) is 0 Å². The number of nitrogens with zero attached hydrogens (tertiary/aromatic N) is 2. The third-order valence-corrected chi connectivity index (χ3v) is 4.17. The molecule has 1 saturated heterocycles. The zero-order valence-corrected chi connectivity index (χ0v) is 11.6. The normalized spacial score (nSPS) is 18.7. The van der Waals surface area contributed by atoms with Gasteiger partial charge in [0, 0.05) is 12.8 Å². The summed E-state index contributed by atoms with van der Waals surface area (Å²) in [6.07, 6.45) is 4.42. The summed E-state index contributed by atoms with van der Waals surface area (Å²) in [4.78, 5) is 12.5. The first kappa shape index (κ1) is 12.7. The molecule has 100 valence electrons. The number of anilines is 1. The molecule has 1 N–H and O–H groups in total. The second-order valence-corrected chi connectivity index (χ2v) is 6.00. The Morgan fingerprint density at radius 2 is 2.47 bits per heavy atom. The van der Waals surface area contributed by atoms with Gasteiger partial charge in [0.1, 0.15) is 0 Å². The molecule has 1 fully saturated rings. The molecule has 0 bridgehead atoms. The second kappa shape index (κ2) is 5.32. The van der Waals surface area contributed by atoms with Crippen molar-refractivity contribution in [2.75, 3.05) is 18.5 Å². The predicted octanol–water partition coefficient (Wildman–Crippen LogP) is 2.81. The molecular weight excluding hydrogens is 286 g/mol. The van der Waals surface area contributed by atoms with Gasteiger partial charge in [0.25, 0.3) is 5.91 Å². The highest BCUT2D eigenvalue weighted by molar-refractivity contribution is 7.18. The molecule has 7 heteroatoms. The number of ether oxygens (including phenoxy) is 1. The fraction of sp³-hybridized carbons (Fsp3) is 0.333. The largest absolute Gasteiger partial charge is 0.379 e. The highest BCUT2D eigenvalue weighted by atomic mass is 35.5. The summed E-state index contributed by atoms with van der Waals surface area (Å²) in [6.45, 7) is 1.44. The summed E-state index contributed by atoms with van der Waals surface area (Å²) in [5.41, 5.74) is 0.682. The lowest BCUT2D eigenvalue weighted by Gasteiger charge is -2.06. The number of hydrogen-bond acceptors (Lipinski definition) is 4. The topological polar surface area (TPSA) is 56.2 Å². The number of carbonyl (C=O) groups excluding carboxylic acids is 1. The lowest BCUT2D eigenvalue weighted by atomic mass is 10.3. The number of halogens is 1. The number of amides is 1. The SMILES string of the molecule is O=C(Nc1cnn([C@@H]2CCOC2)c1)c1ccc(Cl)s1. The molecule has 1 amide bonds. The summed E-state index contributed by atoms with van der Waals surface area (Å²) in [6, 6.07) is 3.68. The van der Waals surface area contributed by atoms with E-state index in [9.17, 15) is 4.79 Å². The number of nitrogens with one attached hydrogen (secondary N) is 1. The smallest absolute Gasteiger partial charge is 0.265 e. The van der Waals surface area contributed by atoms with E-state index in [1.807, 2.05) is 10.9 Å². The Hall–Kier alpha value is -1.37. The molecule has 1 atom stereocenters. The molecule has 0 saturated carbocycles. The molecule has 19 heavy (non-hydrogen) atoms. The van der Waals surface area contributed by atoms with E-state index in [1.165, 1.54) is 11.3 Å². The quantitative estimate of drug-likeness (QED) is 0.948. The monoisotopic (exact) mass is 297 g/mol. The minimum Gasteiger partial charge on any atom is -0.379 e. The summed E-state index contributed by atoms with van der Waals surface area (Å²) >= 11 is 7.06. The average molecular weight is 298 g/mol. The maximum absolute atomic E-state index is 11.9. The van der Waals surface area contributed by atoms with Gasteiger partial charge < -0.3 is 10.1 Å². The van der Waals surface area contributed by atoms with E-state index < -0.39 is 0 Å². The molecule has 0 spiro atoms. The Bertz CT molecular complexity index is 589. The van der Waals surface area contributed by atoms with Crippen molar-refractivity contribution >= 4 is 34.5 Å². The highest BCUT2D eigenvalue weighted by Crippen LogP contribution is 2.23. The summed E-state index contributed by atoms with van der Waals surface area (Å²) < 4.78 is 7.75. The van der Waals surface area contributed by atoms with Gasteiger partial charge in [-0.15, -0.1) is 11.3 Å². The van der Waals surface area contributed by atoms with Crippen LogP contribution in [0.4, 0.5) is 5.69 Å². The van der Waals surface area contributed by atoms with Crippen LogP contribution in [-0.4, -0.2) is 28.9 Å². The zero-order chi connectivity index (χ0) is 13.2. The van der Waals surface area contributed by atoms with Crippen molar-refractivity contribution in [3.63, 3.8) is 0 Å². The molecule has 0 aliphatic carbocycles. The molecule has 2 aromatic rings. The van der Waals surface area contributed by atoms with Crippen LogP contribution in [0.3, 0.4) is 0 Å². The summed E-state index contributed by atoms with van der Waals surface area (Å²) in [5.74, 6) is -0.167. The van der Waals surface area contributed by atoms with Crippen LogP contribution in [0.25, 0.3) is 0 Å². The van der Waals surface area contributed by atoms with Gasteiger partial charge in [-0.05, 0) is 18.6 Å². The van der Waals surface area contributed by atoms with Crippen molar-refractivity contribution in [3.05, 3.63) is 33.7 Å². The van der Waals surface area contributed by atoms with Crippen LogP contribution in [0.15, 0.2) is 24.5 Å². The van der Waals surface area contributed by atoms with Gasteiger partial charge in [-0.2, -0.15) is 5.10 Å². The van der Waals surface area contributed by atoms with Gasteiger partial charge in [0.05, 0.1) is 33.7 Å². The van der Waals surface area contributed by atoms with Gasteiger partial charge in [-0.25, -0.2) is 0 Å². The fourth-order valence-electron chi connectivity index (χ4n) is 1.96. The van der Waals surface area contributed by atoms with E-state index in [0.717, 1.165) is 13.0 Å². The Morgan fingerprint density at radius 3 is 3.16 bits per heavy atom. The molecule has 1 aliphatic rings. The van der Waals surface area contributed by atoms with Crippen LogP contribution in [0.5, 0.6) is 0 Å². The van der Waals surface area contributed by atoms with Crippen LogP contribution in [0, 0.1) is 0 Å². The first-order valence-electron chi connectivity index (χ1n) is 5.91. The van der Waals surface area contributed by atoms with Gasteiger partial charge in [0.15, 0.2) is 0 Å². The first-order valence-corrected chi connectivity index (χ1v) is 7.10. The lowest BCUT2D eigenvalue weighted by molar-refractivity contribution is 0.103. The van der Waals surface area contributed by atoms with Crippen molar-refractivity contribution in [2.24, 2.45) is 0 Å². The molecule has 2 aromatic heterocycles. The zero-order valence-electron chi connectivity index (χ0n) is 10.0. The molecule has 3 heterocycles. The Kier molecular flexibility index (Phi) is 3.54. The van der Waals surface area contributed by atoms with E-state index >= 15 is 0 Å². The van der Waals surface area contributed by atoms with Crippen molar-refractivity contribution in [1.82, 2.24) is 9.78 Å². The maximum atomic E-state index is 11.9. The van der Waals surface area contributed by atoms with Crippen molar-refractivity contribution < 1.29 is 9.53 Å². The van der Waals surface area contributed by atoms with Gasteiger partial charge >= 0.3 is 0 Å². The van der Waals surface area contributed by atoms with E-state index in [2.05, 4.69) is 10.4 Å². The third-order valence-electron chi connectivity index (χ3n) is 2.94. The van der Waals surface area contributed by atoms with Crippen LogP contribution in [0.1, 0.15) is 22.1 Å². The molecule has 3 rings (SSSR count). The fourth-order valence-corrected chi connectivity index (χ4v) is 2.90. The van der Waals surface area contributed by atoms with Gasteiger partial charge in [-0.3, -0.25) is 9.48 Å². The van der Waals surface area contributed by atoms with Crippen molar-refractivity contribution in [3.8, 4) is 0 Å². The molecule has 5 nitrogen and oxygen atoms in total. The van der Waals surface area contributed by atoms with Gasteiger partial charge in [0.2, 0.25) is 0 Å². The molecule has 0 radical (unpaired) electrons. The molecule has 0 aromatic carbocycles. The molecule has 1 aliphatic heterocycles. The Labute approximate surface area is 119 Å². The lowest BCUT2D eigenvalue weighted by Crippen LogP contribution is -2.10. The van der Waals surface area contributed by atoms with E-state index in [0.29, 0.717) is 21.5 Å². The predicted molar refractivity (Wildman–Crippen MR) is 74.0 cm³/mol. The minimum atomic E-state index is -0.167. The van der Waals surface area contributed by atoms with Crippen LogP contribution in [-0.2, 0) is 4.74 Å². The number of hydrogen-bond donors (Lipinski definition) is 1. The summed E-state index contributed by atoms with van der Waals surface area (Å²) in [5, 5.41) is 7.05. The Morgan fingerprint density at radius 1 is 1.58 bits per heavy atom. The van der Waals surface area contributed by atoms with Crippen LogP contribution < -0.4 is 5.32 Å². The average Bonchev–Trinajstić information content (AvgIpc) is 3.07. The minimum absolute atomic E-state index is 0.167. The maximum Gasteiger partial charge on any atom is 0.265 e. The van der Waals surface area contributed by atoms with E-state index in [-0.39, 0.29) is 11.9 Å².